The van der Waals surface area contributed by atoms with Gasteiger partial charge in [0.15, 0.2) is 0 Å². The number of rotatable bonds is 5. The lowest BCUT2D eigenvalue weighted by Gasteiger charge is -2.33. The van der Waals surface area contributed by atoms with Gasteiger partial charge < -0.3 is 15.3 Å². The molecule has 2 N–H and O–H groups in total. The Kier molecular flexibility index (Phi) is 4.48. The van der Waals surface area contributed by atoms with Crippen molar-refractivity contribution in [2.45, 2.75) is 44.7 Å². The molecule has 0 saturated heterocycles. The van der Waals surface area contributed by atoms with Crippen LogP contribution in [0.2, 0.25) is 0 Å². The third-order valence-electron chi connectivity index (χ3n) is 4.62. The van der Waals surface area contributed by atoms with Crippen molar-refractivity contribution >= 4 is 5.69 Å². The number of aliphatic hydroxyl groups excluding tert-OH is 1. The molecule has 0 radical (unpaired) electrons. The zero-order valence-electron chi connectivity index (χ0n) is 12.3. The van der Waals surface area contributed by atoms with Gasteiger partial charge in [-0.05, 0) is 51.8 Å². The molecule has 0 amide bonds. The number of para-hydroxylation sites is 1. The number of nitrogens with zero attached hydrogens (tertiary/aromatic N) is 1. The summed E-state index contributed by atoms with van der Waals surface area (Å²) < 4.78 is 0. The van der Waals surface area contributed by atoms with Gasteiger partial charge >= 0.3 is 0 Å². The molecule has 1 fully saturated rings. The molecule has 0 bridgehead atoms. The van der Waals surface area contributed by atoms with Crippen molar-refractivity contribution in [2.75, 3.05) is 25.1 Å². The summed E-state index contributed by atoms with van der Waals surface area (Å²) in [6, 6.07) is 9.09. The van der Waals surface area contributed by atoms with Crippen molar-refractivity contribution in [3.8, 4) is 0 Å². The van der Waals surface area contributed by atoms with E-state index < -0.39 is 0 Å². The van der Waals surface area contributed by atoms with Crippen LogP contribution < -0.4 is 10.2 Å². The minimum Gasteiger partial charge on any atom is -0.394 e. The topological polar surface area (TPSA) is 35.5 Å². The summed E-state index contributed by atoms with van der Waals surface area (Å²) in [4.78, 5) is 2.49. The Morgan fingerprint density at radius 3 is 2.68 bits per heavy atom. The molecule has 19 heavy (non-hydrogen) atoms. The van der Waals surface area contributed by atoms with Gasteiger partial charge in [-0.2, -0.15) is 0 Å². The van der Waals surface area contributed by atoms with E-state index in [0.29, 0.717) is 6.04 Å². The molecule has 0 aromatic heterocycles. The lowest BCUT2D eigenvalue weighted by atomic mass is 9.98. The third-order valence-corrected chi connectivity index (χ3v) is 4.62. The van der Waals surface area contributed by atoms with Crippen LogP contribution in [0.25, 0.3) is 0 Å². The molecule has 1 aromatic rings. The van der Waals surface area contributed by atoms with Crippen LogP contribution in [-0.4, -0.2) is 36.9 Å². The van der Waals surface area contributed by atoms with Crippen molar-refractivity contribution in [1.82, 2.24) is 5.32 Å². The largest absolute Gasteiger partial charge is 0.394 e. The maximum absolute atomic E-state index is 9.63. The second-order valence-corrected chi connectivity index (χ2v) is 5.66. The zero-order chi connectivity index (χ0) is 13.9. The lowest BCUT2D eigenvalue weighted by Crippen LogP contribution is -2.46. The first-order chi connectivity index (χ1) is 9.15. The van der Waals surface area contributed by atoms with Gasteiger partial charge in [-0.15, -0.1) is 0 Å². The van der Waals surface area contributed by atoms with Crippen molar-refractivity contribution in [3.63, 3.8) is 0 Å². The molecule has 1 aromatic carbocycles. The smallest absolute Gasteiger partial charge is 0.0614 e. The average Bonchev–Trinajstić information content (AvgIpc) is 2.87. The summed E-state index contributed by atoms with van der Waals surface area (Å²) in [5.74, 6) is 0. The van der Waals surface area contributed by atoms with Gasteiger partial charge in [0, 0.05) is 23.8 Å². The fourth-order valence-corrected chi connectivity index (χ4v) is 3.32. The van der Waals surface area contributed by atoms with Crippen molar-refractivity contribution in [3.05, 3.63) is 29.8 Å². The van der Waals surface area contributed by atoms with Crippen LogP contribution in [0.4, 0.5) is 5.69 Å². The van der Waals surface area contributed by atoms with E-state index in [-0.39, 0.29) is 12.1 Å². The minimum atomic E-state index is -0.0826. The van der Waals surface area contributed by atoms with Gasteiger partial charge in [0.1, 0.15) is 0 Å². The lowest BCUT2D eigenvalue weighted by molar-refractivity contribution is 0.171. The molecular formula is C16H26N2O. The standard InChI is InChI=1S/C16H26N2O/c1-4-18(15-8-6-5-7-13(15)2)14-9-10-16(11-14,12-19)17-3/h5-8,14,17,19H,4,9-12H2,1-3H3. The highest BCUT2D eigenvalue weighted by atomic mass is 16.3. The summed E-state index contributed by atoms with van der Waals surface area (Å²) in [6.45, 7) is 5.63. The molecule has 0 heterocycles. The van der Waals surface area contributed by atoms with Crippen LogP contribution >= 0.6 is 0 Å². The Labute approximate surface area is 116 Å². The quantitative estimate of drug-likeness (QED) is 0.855. The maximum Gasteiger partial charge on any atom is 0.0614 e. The maximum atomic E-state index is 9.63. The Morgan fingerprint density at radius 2 is 2.16 bits per heavy atom. The van der Waals surface area contributed by atoms with Crippen LogP contribution in [0, 0.1) is 6.92 Å². The highest BCUT2D eigenvalue weighted by Crippen LogP contribution is 2.35. The predicted molar refractivity (Wildman–Crippen MR) is 80.7 cm³/mol. The molecule has 0 spiro atoms. The molecule has 2 rings (SSSR count). The van der Waals surface area contributed by atoms with Gasteiger partial charge in [0.05, 0.1) is 6.61 Å². The van der Waals surface area contributed by atoms with Gasteiger partial charge in [-0.25, -0.2) is 0 Å². The monoisotopic (exact) mass is 262 g/mol. The molecule has 1 saturated carbocycles. The number of hydrogen-bond donors (Lipinski definition) is 2. The van der Waals surface area contributed by atoms with E-state index in [9.17, 15) is 5.11 Å². The first-order valence-corrected chi connectivity index (χ1v) is 7.28. The number of hydrogen-bond acceptors (Lipinski definition) is 3. The average molecular weight is 262 g/mol. The van der Waals surface area contributed by atoms with Crippen LogP contribution in [0.1, 0.15) is 31.7 Å². The number of aliphatic hydroxyl groups is 1. The highest BCUT2D eigenvalue weighted by molar-refractivity contribution is 5.54. The zero-order valence-corrected chi connectivity index (χ0v) is 12.3. The summed E-state index contributed by atoms with van der Waals surface area (Å²) >= 11 is 0. The fourth-order valence-electron chi connectivity index (χ4n) is 3.32. The molecule has 1 aliphatic carbocycles. The molecule has 3 nitrogen and oxygen atoms in total. The van der Waals surface area contributed by atoms with Gasteiger partial charge in [0.25, 0.3) is 0 Å². The second-order valence-electron chi connectivity index (χ2n) is 5.66. The minimum absolute atomic E-state index is 0.0826. The molecule has 3 heteroatoms. The third kappa shape index (κ3) is 2.77. The Hall–Kier alpha value is -1.06. The number of benzene rings is 1. The normalized spacial score (nSPS) is 26.6. The molecule has 106 valence electrons. The number of likely N-dealkylation sites (N-methyl/N-ethyl adjacent to an activating group) is 1. The number of anilines is 1. The first kappa shape index (κ1) is 14.4. The predicted octanol–water partition coefficient (Wildman–Crippen LogP) is 2.32. The van der Waals surface area contributed by atoms with E-state index in [1.165, 1.54) is 11.3 Å². The van der Waals surface area contributed by atoms with Crippen LogP contribution in [0.5, 0.6) is 0 Å². The number of aryl methyl sites for hydroxylation is 1. The highest BCUT2D eigenvalue weighted by Gasteiger charge is 2.39. The van der Waals surface area contributed by atoms with Crippen LogP contribution in [0.15, 0.2) is 24.3 Å². The van der Waals surface area contributed by atoms with E-state index in [4.69, 9.17) is 0 Å². The molecule has 0 aliphatic heterocycles. The van der Waals surface area contributed by atoms with Crippen LogP contribution in [-0.2, 0) is 0 Å². The van der Waals surface area contributed by atoms with E-state index in [1.807, 2.05) is 7.05 Å². The van der Waals surface area contributed by atoms with Gasteiger partial charge in [-0.1, -0.05) is 18.2 Å². The summed E-state index contributed by atoms with van der Waals surface area (Å²) in [5, 5.41) is 13.0. The molecule has 2 atom stereocenters. The van der Waals surface area contributed by atoms with E-state index >= 15 is 0 Å². The number of nitrogens with one attached hydrogen (secondary N) is 1. The van der Waals surface area contributed by atoms with E-state index in [1.54, 1.807) is 0 Å². The second kappa shape index (κ2) is 5.93. The fraction of sp³-hybridized carbons (Fsp3) is 0.625. The molecule has 1 aliphatic rings. The summed E-state index contributed by atoms with van der Waals surface area (Å²) in [5.41, 5.74) is 2.58. The first-order valence-electron chi connectivity index (χ1n) is 7.28. The van der Waals surface area contributed by atoms with Gasteiger partial charge in [0.2, 0.25) is 0 Å². The van der Waals surface area contributed by atoms with Crippen molar-refractivity contribution in [1.29, 1.82) is 0 Å². The van der Waals surface area contributed by atoms with Crippen LogP contribution in [0.3, 0.4) is 0 Å². The van der Waals surface area contributed by atoms with Crippen molar-refractivity contribution in [2.24, 2.45) is 0 Å². The van der Waals surface area contributed by atoms with Crippen molar-refractivity contribution < 1.29 is 5.11 Å². The Balaban J connectivity index is 2.19. The van der Waals surface area contributed by atoms with Gasteiger partial charge in [-0.3, -0.25) is 0 Å². The summed E-state index contributed by atoms with van der Waals surface area (Å²) in [7, 11) is 1.96. The van der Waals surface area contributed by atoms with E-state index in [2.05, 4.69) is 48.3 Å². The Morgan fingerprint density at radius 1 is 1.42 bits per heavy atom. The molecular weight excluding hydrogens is 236 g/mol. The SMILES string of the molecule is CCN(c1ccccc1C)C1CCC(CO)(NC)C1. The Bertz CT molecular complexity index is 415. The molecule has 2 unspecified atom stereocenters. The van der Waals surface area contributed by atoms with E-state index in [0.717, 1.165) is 25.8 Å². The summed E-state index contributed by atoms with van der Waals surface area (Å²) in [6.07, 6.45) is 3.21.